The van der Waals surface area contributed by atoms with Crippen LogP contribution in [0.5, 0.6) is 0 Å². The first-order chi connectivity index (χ1) is 9.43. The normalized spacial score (nSPS) is 30.4. The number of amides is 1. The van der Waals surface area contributed by atoms with Gasteiger partial charge in [-0.2, -0.15) is 5.26 Å². The van der Waals surface area contributed by atoms with Crippen molar-refractivity contribution in [3.8, 4) is 6.07 Å². The number of nitrogens with zero attached hydrogens (tertiary/aromatic N) is 2. The van der Waals surface area contributed by atoms with Gasteiger partial charge in [-0.15, -0.1) is 0 Å². The van der Waals surface area contributed by atoms with Crippen LogP contribution in [0.4, 0.5) is 0 Å². The highest BCUT2D eigenvalue weighted by atomic mass is 16.1. The zero-order chi connectivity index (χ0) is 14.8. The monoisotopic (exact) mass is 278 g/mol. The third kappa shape index (κ3) is 3.94. The summed E-state index contributed by atoms with van der Waals surface area (Å²) in [4.78, 5) is 13.7. The van der Waals surface area contributed by atoms with E-state index in [-0.39, 0.29) is 11.8 Å². The van der Waals surface area contributed by atoms with Crippen LogP contribution >= 0.6 is 0 Å². The van der Waals surface area contributed by atoms with Gasteiger partial charge < -0.3 is 5.73 Å². The Kier molecular flexibility index (Phi) is 4.66. The highest BCUT2D eigenvalue weighted by Crippen LogP contribution is 2.26. The molecular formula is C15H26N4O. The zero-order valence-corrected chi connectivity index (χ0v) is 12.6. The Hall–Kier alpha value is -1.12. The average Bonchev–Trinajstić information content (AvgIpc) is 3.21. The topological polar surface area (TPSA) is 82.2 Å². The van der Waals surface area contributed by atoms with E-state index >= 15 is 0 Å². The molecule has 20 heavy (non-hydrogen) atoms. The fourth-order valence-corrected chi connectivity index (χ4v) is 2.93. The van der Waals surface area contributed by atoms with Gasteiger partial charge in [-0.1, -0.05) is 0 Å². The van der Waals surface area contributed by atoms with Gasteiger partial charge in [0.05, 0.1) is 12.0 Å². The summed E-state index contributed by atoms with van der Waals surface area (Å²) < 4.78 is 0. The van der Waals surface area contributed by atoms with E-state index < -0.39 is 5.54 Å². The molecule has 0 aromatic heterocycles. The molecule has 2 rings (SSSR count). The van der Waals surface area contributed by atoms with E-state index in [4.69, 9.17) is 5.73 Å². The predicted molar refractivity (Wildman–Crippen MR) is 77.7 cm³/mol. The van der Waals surface area contributed by atoms with Crippen molar-refractivity contribution >= 4 is 5.91 Å². The summed E-state index contributed by atoms with van der Waals surface area (Å²) in [5.74, 6) is -0.225. The van der Waals surface area contributed by atoms with E-state index in [1.807, 2.05) is 6.92 Å². The number of nitrogens with one attached hydrogen (secondary N) is 1. The van der Waals surface area contributed by atoms with Crippen molar-refractivity contribution in [2.75, 3.05) is 13.1 Å². The summed E-state index contributed by atoms with van der Waals surface area (Å²) in [6.07, 6.45) is 5.05. The Morgan fingerprint density at radius 1 is 1.45 bits per heavy atom. The number of rotatable bonds is 6. The standard InChI is InChI=1S/C15H26N4O/c1-11-3-4-12(14(17)20)9-19(11)8-7-15(2,10-16)18-13-5-6-13/h11-13,18H,3-9H2,1-2H3,(H2,17,20). The second kappa shape index (κ2) is 6.11. The van der Waals surface area contributed by atoms with Gasteiger partial charge in [0.15, 0.2) is 0 Å². The van der Waals surface area contributed by atoms with Crippen LogP contribution in [0.15, 0.2) is 0 Å². The van der Waals surface area contributed by atoms with Crippen LogP contribution in [0.25, 0.3) is 0 Å². The van der Waals surface area contributed by atoms with Crippen LogP contribution in [0.1, 0.15) is 46.0 Å². The molecule has 5 heteroatoms. The molecule has 3 unspecified atom stereocenters. The lowest BCUT2D eigenvalue weighted by Crippen LogP contribution is -2.50. The molecule has 3 N–H and O–H groups in total. The number of primary amides is 1. The molecule has 2 aliphatic rings. The molecule has 3 atom stereocenters. The smallest absolute Gasteiger partial charge is 0.221 e. The molecule has 0 aromatic carbocycles. The molecule has 1 aliphatic heterocycles. The summed E-state index contributed by atoms with van der Waals surface area (Å²) >= 11 is 0. The fourth-order valence-electron chi connectivity index (χ4n) is 2.93. The van der Waals surface area contributed by atoms with E-state index in [2.05, 4.69) is 23.2 Å². The van der Waals surface area contributed by atoms with Crippen molar-refractivity contribution < 1.29 is 4.79 Å². The molecule has 2 fully saturated rings. The van der Waals surface area contributed by atoms with Crippen molar-refractivity contribution in [2.24, 2.45) is 11.7 Å². The highest BCUT2D eigenvalue weighted by Gasteiger charge is 2.34. The van der Waals surface area contributed by atoms with E-state index in [1.165, 1.54) is 12.8 Å². The first kappa shape index (κ1) is 15.3. The van der Waals surface area contributed by atoms with Crippen LogP contribution < -0.4 is 11.1 Å². The molecule has 1 aliphatic carbocycles. The summed E-state index contributed by atoms with van der Waals surface area (Å²) in [6.45, 7) is 5.75. The molecule has 5 nitrogen and oxygen atoms in total. The van der Waals surface area contributed by atoms with E-state index in [0.29, 0.717) is 12.1 Å². The van der Waals surface area contributed by atoms with Crippen LogP contribution in [-0.4, -0.2) is 41.5 Å². The lowest BCUT2D eigenvalue weighted by molar-refractivity contribution is -0.124. The molecule has 1 amide bonds. The third-order valence-corrected chi connectivity index (χ3v) is 4.66. The molecule has 0 bridgehead atoms. The zero-order valence-electron chi connectivity index (χ0n) is 12.6. The van der Waals surface area contributed by atoms with Crippen molar-refractivity contribution in [1.82, 2.24) is 10.2 Å². The van der Waals surface area contributed by atoms with Crippen molar-refractivity contribution in [2.45, 2.75) is 63.6 Å². The molecule has 1 saturated heterocycles. The Bertz CT molecular complexity index is 401. The van der Waals surface area contributed by atoms with Gasteiger partial charge in [-0.25, -0.2) is 0 Å². The van der Waals surface area contributed by atoms with Crippen LogP contribution in [0, 0.1) is 17.2 Å². The molecular weight excluding hydrogens is 252 g/mol. The Morgan fingerprint density at radius 3 is 2.70 bits per heavy atom. The number of carbonyl (C=O) groups is 1. The summed E-state index contributed by atoms with van der Waals surface area (Å²) in [6, 6.07) is 3.40. The number of carbonyl (C=O) groups excluding carboxylic acids is 1. The van der Waals surface area contributed by atoms with Crippen molar-refractivity contribution in [1.29, 1.82) is 5.26 Å². The molecule has 0 radical (unpaired) electrons. The number of nitriles is 1. The molecule has 1 heterocycles. The van der Waals surface area contributed by atoms with E-state index in [9.17, 15) is 10.1 Å². The molecule has 1 saturated carbocycles. The van der Waals surface area contributed by atoms with Crippen LogP contribution in [0.2, 0.25) is 0 Å². The minimum atomic E-state index is -0.458. The van der Waals surface area contributed by atoms with Gasteiger partial charge in [0, 0.05) is 25.2 Å². The average molecular weight is 278 g/mol. The third-order valence-electron chi connectivity index (χ3n) is 4.66. The predicted octanol–water partition coefficient (Wildman–Crippen LogP) is 0.997. The molecule has 112 valence electrons. The Balaban J connectivity index is 1.87. The lowest BCUT2D eigenvalue weighted by atomic mass is 9.91. The maximum atomic E-state index is 11.3. The number of hydrogen-bond acceptors (Lipinski definition) is 4. The van der Waals surface area contributed by atoms with Gasteiger partial charge in [0.1, 0.15) is 5.54 Å². The number of nitrogens with two attached hydrogens (primary N) is 1. The van der Waals surface area contributed by atoms with Gasteiger partial charge in [0.25, 0.3) is 0 Å². The van der Waals surface area contributed by atoms with Crippen LogP contribution in [-0.2, 0) is 4.79 Å². The largest absolute Gasteiger partial charge is 0.369 e. The maximum Gasteiger partial charge on any atom is 0.221 e. The van der Waals surface area contributed by atoms with Gasteiger partial charge in [0.2, 0.25) is 5.91 Å². The SMILES string of the molecule is CC1CCC(C(N)=O)CN1CCC(C)(C#N)NC1CC1. The molecule has 0 spiro atoms. The summed E-state index contributed by atoms with van der Waals surface area (Å²) in [5, 5.41) is 12.8. The number of hydrogen-bond donors (Lipinski definition) is 2. The maximum absolute atomic E-state index is 11.3. The Labute approximate surface area is 121 Å². The Morgan fingerprint density at radius 2 is 2.15 bits per heavy atom. The first-order valence-electron chi connectivity index (χ1n) is 7.66. The summed E-state index contributed by atoms with van der Waals surface area (Å²) in [5.41, 5.74) is 4.97. The second-order valence-electron chi connectivity index (χ2n) is 6.63. The summed E-state index contributed by atoms with van der Waals surface area (Å²) in [7, 11) is 0. The second-order valence-corrected chi connectivity index (χ2v) is 6.63. The minimum Gasteiger partial charge on any atom is -0.369 e. The van der Waals surface area contributed by atoms with Crippen molar-refractivity contribution in [3.05, 3.63) is 0 Å². The van der Waals surface area contributed by atoms with E-state index in [1.54, 1.807) is 0 Å². The van der Waals surface area contributed by atoms with Crippen LogP contribution in [0.3, 0.4) is 0 Å². The number of piperidine rings is 1. The minimum absolute atomic E-state index is 0.0315. The van der Waals surface area contributed by atoms with Gasteiger partial charge in [-0.3, -0.25) is 15.0 Å². The van der Waals surface area contributed by atoms with Gasteiger partial charge in [-0.05, 0) is 46.0 Å². The highest BCUT2D eigenvalue weighted by molar-refractivity contribution is 5.76. The first-order valence-corrected chi connectivity index (χ1v) is 7.66. The number of likely N-dealkylation sites (tertiary alicyclic amines) is 1. The van der Waals surface area contributed by atoms with Gasteiger partial charge >= 0.3 is 0 Å². The lowest BCUT2D eigenvalue weighted by Gasteiger charge is -2.38. The van der Waals surface area contributed by atoms with E-state index in [0.717, 1.165) is 32.4 Å². The molecule has 0 aromatic rings. The fraction of sp³-hybridized carbons (Fsp3) is 0.867. The van der Waals surface area contributed by atoms with Crippen molar-refractivity contribution in [3.63, 3.8) is 0 Å². The quantitative estimate of drug-likeness (QED) is 0.759.